The summed E-state index contributed by atoms with van der Waals surface area (Å²) in [6.45, 7) is 0.839. The molecule has 0 amide bonds. The molecule has 1 aliphatic heterocycles. The maximum Gasteiger partial charge on any atom is 0.292 e. The second-order valence-electron chi connectivity index (χ2n) is 5.07. The fraction of sp³-hybridized carbons (Fsp3) is 0.133. The van der Waals surface area contributed by atoms with E-state index < -0.39 is 0 Å². The lowest BCUT2D eigenvalue weighted by molar-refractivity contribution is -0.631. The number of fused-ring (bicyclic) bond motifs is 7. The minimum Gasteiger partial charge on any atom is -0.256 e. The van der Waals surface area contributed by atoms with Gasteiger partial charge in [-0.05, 0) is 24.3 Å². The molecule has 96 valence electrons. The summed E-state index contributed by atoms with van der Waals surface area (Å²) in [6.07, 6.45) is 3.74. The summed E-state index contributed by atoms with van der Waals surface area (Å²) in [5, 5.41) is 0. The monoisotopic (exact) mass is 279 g/mol. The van der Waals surface area contributed by atoms with Crippen molar-refractivity contribution in [3.05, 3.63) is 42.4 Å². The highest BCUT2D eigenvalue weighted by Crippen LogP contribution is 2.38. The largest absolute Gasteiger partial charge is 0.292 e. The van der Waals surface area contributed by atoms with E-state index in [1.165, 1.54) is 26.4 Å². The number of imidazole rings is 1. The lowest BCUT2D eigenvalue weighted by Crippen LogP contribution is -2.28. The van der Waals surface area contributed by atoms with Crippen molar-refractivity contribution in [1.29, 1.82) is 0 Å². The second-order valence-corrected chi connectivity index (χ2v) is 6.10. The zero-order valence-electron chi connectivity index (χ0n) is 10.9. The predicted molar refractivity (Wildman–Crippen MR) is 78.6 cm³/mol. The molecule has 5 heterocycles. The van der Waals surface area contributed by atoms with Crippen molar-refractivity contribution in [2.75, 3.05) is 0 Å². The molecule has 0 fully saturated rings. The van der Waals surface area contributed by atoms with Crippen molar-refractivity contribution in [2.24, 2.45) is 7.05 Å². The Morgan fingerprint density at radius 3 is 3.00 bits per heavy atom. The topological polar surface area (TPSA) is 34.6 Å². The second kappa shape index (κ2) is 3.43. The quantitative estimate of drug-likeness (QED) is 0.408. The highest BCUT2D eigenvalue weighted by Gasteiger charge is 2.35. The number of pyridine rings is 2. The third kappa shape index (κ3) is 1.10. The van der Waals surface area contributed by atoms with Crippen molar-refractivity contribution >= 4 is 31.9 Å². The Bertz CT molecular complexity index is 996. The van der Waals surface area contributed by atoms with Gasteiger partial charge in [-0.15, -0.1) is 0 Å². The van der Waals surface area contributed by atoms with Gasteiger partial charge in [0.1, 0.15) is 12.1 Å². The van der Waals surface area contributed by atoms with E-state index in [2.05, 4.69) is 38.3 Å². The third-order valence-electron chi connectivity index (χ3n) is 3.99. The summed E-state index contributed by atoms with van der Waals surface area (Å²) in [5.41, 5.74) is 4.72. The average Bonchev–Trinajstić information content (AvgIpc) is 3.10. The molecule has 0 saturated carbocycles. The summed E-state index contributed by atoms with van der Waals surface area (Å²) < 4.78 is 5.86. The van der Waals surface area contributed by atoms with Crippen LogP contribution in [0.5, 0.6) is 0 Å². The van der Waals surface area contributed by atoms with Crippen molar-refractivity contribution < 1.29 is 4.57 Å². The van der Waals surface area contributed by atoms with Gasteiger partial charge >= 0.3 is 0 Å². The van der Waals surface area contributed by atoms with Gasteiger partial charge in [0.05, 0.1) is 23.0 Å². The highest BCUT2D eigenvalue weighted by molar-refractivity contribution is 7.25. The van der Waals surface area contributed by atoms with Crippen LogP contribution in [0.1, 0.15) is 5.69 Å². The number of thiophene rings is 1. The van der Waals surface area contributed by atoms with E-state index in [1.807, 2.05) is 24.5 Å². The van der Waals surface area contributed by atoms with Crippen molar-refractivity contribution in [3.8, 4) is 11.4 Å². The van der Waals surface area contributed by atoms with Gasteiger partial charge in [-0.25, -0.2) is 9.13 Å². The van der Waals surface area contributed by atoms with Crippen molar-refractivity contribution in [3.63, 3.8) is 0 Å². The maximum atomic E-state index is 4.58. The van der Waals surface area contributed by atoms with Gasteiger partial charge < -0.3 is 0 Å². The SMILES string of the molecule is C[n+]1c2n(c3c4ncccc4sc31)Cc1ncccc1-2. The van der Waals surface area contributed by atoms with Crippen LogP contribution in [-0.2, 0) is 13.6 Å². The Hall–Kier alpha value is -2.27. The molecular formula is C15H11N4S+. The van der Waals surface area contributed by atoms with Gasteiger partial charge in [0.15, 0.2) is 0 Å². The Balaban J connectivity index is 1.99. The van der Waals surface area contributed by atoms with E-state index in [0.29, 0.717) is 0 Å². The van der Waals surface area contributed by atoms with Crippen LogP contribution in [0, 0.1) is 0 Å². The predicted octanol–water partition coefficient (Wildman–Crippen LogP) is 2.50. The molecule has 0 atom stereocenters. The standard InChI is InChI=1S/C15H11N4S/c1-18-14-9-4-2-6-16-10(9)8-19(14)13-12-11(20-15(13)18)5-3-7-17-12/h2-7H,8H2,1H3/q+1. The number of aryl methyl sites for hydroxylation is 1. The third-order valence-corrected chi connectivity index (χ3v) is 5.20. The van der Waals surface area contributed by atoms with Crippen LogP contribution in [0.2, 0.25) is 0 Å². The van der Waals surface area contributed by atoms with Crippen LogP contribution in [-0.4, -0.2) is 14.5 Å². The minimum atomic E-state index is 0.839. The van der Waals surface area contributed by atoms with Crippen molar-refractivity contribution in [2.45, 2.75) is 6.54 Å². The molecule has 0 N–H and O–H groups in total. The molecule has 0 bridgehead atoms. The Labute approximate surface area is 119 Å². The molecule has 0 radical (unpaired) electrons. The zero-order chi connectivity index (χ0) is 13.3. The van der Waals surface area contributed by atoms with E-state index in [4.69, 9.17) is 0 Å². The molecule has 0 aliphatic carbocycles. The van der Waals surface area contributed by atoms with Crippen LogP contribution in [0.3, 0.4) is 0 Å². The molecule has 0 aromatic carbocycles. The Morgan fingerprint density at radius 1 is 1.20 bits per heavy atom. The number of hydrogen-bond acceptors (Lipinski definition) is 3. The summed E-state index contributed by atoms with van der Waals surface area (Å²) in [7, 11) is 2.13. The summed E-state index contributed by atoms with van der Waals surface area (Å²) in [4.78, 5) is 10.4. The fourth-order valence-electron chi connectivity index (χ4n) is 3.16. The van der Waals surface area contributed by atoms with E-state index >= 15 is 0 Å². The maximum absolute atomic E-state index is 4.58. The number of rotatable bonds is 0. The number of nitrogens with zero attached hydrogens (tertiary/aromatic N) is 4. The van der Waals surface area contributed by atoms with E-state index in [9.17, 15) is 0 Å². The summed E-state index contributed by atoms with van der Waals surface area (Å²) >= 11 is 1.81. The number of aromatic nitrogens is 4. The van der Waals surface area contributed by atoms with Crippen LogP contribution in [0.25, 0.3) is 32.0 Å². The van der Waals surface area contributed by atoms with Gasteiger partial charge in [0.2, 0.25) is 10.3 Å². The molecule has 1 aliphatic rings. The van der Waals surface area contributed by atoms with Gasteiger partial charge in [-0.2, -0.15) is 0 Å². The van der Waals surface area contributed by atoms with E-state index in [1.54, 1.807) is 11.3 Å². The molecule has 5 heteroatoms. The smallest absolute Gasteiger partial charge is 0.256 e. The van der Waals surface area contributed by atoms with Gasteiger partial charge in [-0.1, -0.05) is 11.3 Å². The van der Waals surface area contributed by atoms with E-state index in [0.717, 1.165) is 17.8 Å². The van der Waals surface area contributed by atoms with Crippen LogP contribution >= 0.6 is 11.3 Å². The van der Waals surface area contributed by atoms with Crippen LogP contribution < -0.4 is 4.57 Å². The molecule has 0 unspecified atom stereocenters. The highest BCUT2D eigenvalue weighted by atomic mass is 32.1. The molecule has 4 aromatic rings. The number of hydrogen-bond donors (Lipinski definition) is 0. The summed E-state index contributed by atoms with van der Waals surface area (Å²) in [5.74, 6) is 1.24. The summed E-state index contributed by atoms with van der Waals surface area (Å²) in [6, 6.07) is 8.30. The first-order valence-electron chi connectivity index (χ1n) is 6.54. The van der Waals surface area contributed by atoms with Crippen molar-refractivity contribution in [1.82, 2.24) is 14.5 Å². The van der Waals surface area contributed by atoms with E-state index in [-0.39, 0.29) is 0 Å². The Kier molecular flexibility index (Phi) is 1.80. The van der Waals surface area contributed by atoms with Gasteiger partial charge in [0.25, 0.3) is 5.82 Å². The first-order valence-corrected chi connectivity index (χ1v) is 7.36. The lowest BCUT2D eigenvalue weighted by Gasteiger charge is -1.93. The van der Waals surface area contributed by atoms with Crippen LogP contribution in [0.15, 0.2) is 36.7 Å². The molecule has 0 spiro atoms. The molecule has 5 rings (SSSR count). The van der Waals surface area contributed by atoms with Gasteiger partial charge in [-0.3, -0.25) is 9.97 Å². The fourth-order valence-corrected chi connectivity index (χ4v) is 4.28. The minimum absolute atomic E-state index is 0.839. The molecular weight excluding hydrogens is 268 g/mol. The lowest BCUT2D eigenvalue weighted by atomic mass is 10.2. The molecule has 4 nitrogen and oxygen atoms in total. The average molecular weight is 279 g/mol. The zero-order valence-corrected chi connectivity index (χ0v) is 11.7. The normalized spacial score (nSPS) is 13.1. The first-order chi connectivity index (χ1) is 9.84. The molecule has 20 heavy (non-hydrogen) atoms. The first kappa shape index (κ1) is 10.5. The molecule has 4 aromatic heterocycles. The Morgan fingerprint density at radius 2 is 2.05 bits per heavy atom. The van der Waals surface area contributed by atoms with Crippen LogP contribution in [0.4, 0.5) is 0 Å². The van der Waals surface area contributed by atoms with Gasteiger partial charge in [0, 0.05) is 12.4 Å². The molecule has 0 saturated heterocycles.